The van der Waals surface area contributed by atoms with Crippen molar-refractivity contribution in [3.8, 4) is 5.75 Å². The van der Waals surface area contributed by atoms with E-state index in [1.54, 1.807) is 0 Å². The lowest BCUT2D eigenvalue weighted by atomic mass is 9.97. The molecular weight excluding hydrogens is 348 g/mol. The normalized spacial score (nSPS) is 16.8. The van der Waals surface area contributed by atoms with Gasteiger partial charge in [-0.3, -0.25) is 4.55 Å². The molecule has 1 aliphatic heterocycles. The molecule has 0 saturated heterocycles. The van der Waals surface area contributed by atoms with Crippen LogP contribution in [0.25, 0.3) is 0 Å². The summed E-state index contributed by atoms with van der Waals surface area (Å²) in [6.07, 6.45) is 0. The van der Waals surface area contributed by atoms with Gasteiger partial charge in [-0.15, -0.1) is 0 Å². The average Bonchev–Trinajstić information content (AvgIpc) is 2.51. The Labute approximate surface area is 148 Å². The van der Waals surface area contributed by atoms with Crippen LogP contribution in [0, 0.1) is 0 Å². The third-order valence-electron chi connectivity index (χ3n) is 3.56. The molecule has 5 nitrogen and oxygen atoms in total. The summed E-state index contributed by atoms with van der Waals surface area (Å²) in [5.74, 6) is 0.697. The van der Waals surface area contributed by atoms with Gasteiger partial charge in [0.05, 0.1) is 5.71 Å². The number of benzene rings is 2. The van der Waals surface area contributed by atoms with E-state index in [1.165, 1.54) is 0 Å². The molecule has 1 atom stereocenters. The largest absolute Gasteiger partial charge is 0.466 e. The van der Waals surface area contributed by atoms with Gasteiger partial charge in [0.1, 0.15) is 5.75 Å². The first-order valence-electron chi connectivity index (χ1n) is 7.36. The van der Waals surface area contributed by atoms with Crippen molar-refractivity contribution in [2.45, 2.75) is 26.1 Å². The number of hydrogen-bond acceptors (Lipinski definition) is 3. The van der Waals surface area contributed by atoms with Crippen LogP contribution in [0.3, 0.4) is 0 Å². The van der Waals surface area contributed by atoms with Crippen LogP contribution in [-0.4, -0.2) is 20.2 Å². The van der Waals surface area contributed by atoms with Crippen molar-refractivity contribution < 1.29 is 13.5 Å². The molecule has 24 heavy (non-hydrogen) atoms. The fourth-order valence-corrected chi connectivity index (χ4v) is 2.97. The highest BCUT2D eigenvalue weighted by atomic mass is 35.5. The zero-order valence-electron chi connectivity index (χ0n) is 13.2. The lowest BCUT2D eigenvalue weighted by molar-refractivity contribution is 0.115. The molecule has 0 bridgehead atoms. The van der Waals surface area contributed by atoms with Crippen LogP contribution >= 0.6 is 11.6 Å². The summed E-state index contributed by atoms with van der Waals surface area (Å²) in [5, 5.41) is 0.671. The van der Waals surface area contributed by atoms with Gasteiger partial charge in [-0.2, -0.15) is 0 Å². The second-order valence-corrected chi connectivity index (χ2v) is 7.14. The summed E-state index contributed by atoms with van der Waals surface area (Å²) >= 11 is 3.92. The summed E-state index contributed by atoms with van der Waals surface area (Å²) in [6, 6.07) is 13.2. The number of ether oxygens (including phenoxy) is 1. The minimum absolute atomic E-state index is 0.271. The zero-order chi connectivity index (χ0) is 17.3. The lowest BCUT2D eigenvalue weighted by Gasteiger charge is -2.30. The van der Waals surface area contributed by atoms with Gasteiger partial charge in [0.25, 0.3) is 0 Å². The van der Waals surface area contributed by atoms with E-state index in [9.17, 15) is 4.21 Å². The Bertz CT molecular complexity index is 819. The van der Waals surface area contributed by atoms with Crippen LogP contribution in [0.4, 0.5) is 0 Å². The molecule has 0 fully saturated rings. The van der Waals surface area contributed by atoms with Crippen molar-refractivity contribution in [2.75, 3.05) is 0 Å². The fourth-order valence-electron chi connectivity index (χ4n) is 2.55. The molecule has 2 aromatic carbocycles. The van der Waals surface area contributed by atoms with Gasteiger partial charge in [-0.1, -0.05) is 29.8 Å². The van der Waals surface area contributed by atoms with E-state index in [-0.39, 0.29) is 6.54 Å². The van der Waals surface area contributed by atoms with Crippen molar-refractivity contribution in [3.63, 3.8) is 0 Å². The molecule has 0 aromatic heterocycles. The lowest BCUT2D eigenvalue weighted by Crippen LogP contribution is -2.32. The van der Waals surface area contributed by atoms with Crippen LogP contribution in [0.15, 0.2) is 47.5 Å². The molecular formula is C17H17ClN2O3S. The number of hydrogen-bond donors (Lipinski definition) is 2. The predicted octanol–water partition coefficient (Wildman–Crippen LogP) is 3.53. The number of nitrogens with one attached hydrogen (secondary N) is 1. The number of rotatable bonds is 4. The molecule has 0 saturated carbocycles. The Hall–Kier alpha value is -1.73. The number of halogens is 1. The van der Waals surface area contributed by atoms with Gasteiger partial charge in [0.2, 0.25) is 11.3 Å². The van der Waals surface area contributed by atoms with Crippen LogP contribution in [0.1, 0.15) is 30.5 Å². The minimum Gasteiger partial charge on any atom is -0.466 e. The van der Waals surface area contributed by atoms with Gasteiger partial charge in [0.15, 0.2) is 5.72 Å². The van der Waals surface area contributed by atoms with Crippen LogP contribution in [0.2, 0.25) is 5.02 Å². The van der Waals surface area contributed by atoms with Crippen molar-refractivity contribution in [2.24, 2.45) is 4.99 Å². The standard InChI is InChI=1S/C17H17ClN2O3S/c1-17(2)20-16(12-4-6-13(18)7-5-12)14-8-3-11(9-15(14)23-17)10-19-24(21)22/h3-9,19H,10H2,1-2H3,(H,21,22). The summed E-state index contributed by atoms with van der Waals surface area (Å²) in [7, 11) is 0. The second kappa shape index (κ2) is 6.64. The van der Waals surface area contributed by atoms with E-state index in [2.05, 4.69) is 4.72 Å². The molecule has 0 radical (unpaired) electrons. The molecule has 0 spiro atoms. The first-order valence-corrected chi connectivity index (χ1v) is 8.85. The van der Waals surface area contributed by atoms with Gasteiger partial charge in [-0.05, 0) is 43.7 Å². The van der Waals surface area contributed by atoms with E-state index < -0.39 is 17.0 Å². The summed E-state index contributed by atoms with van der Waals surface area (Å²) in [4.78, 5) is 4.71. The molecule has 1 heterocycles. The van der Waals surface area contributed by atoms with Gasteiger partial charge < -0.3 is 4.74 Å². The topological polar surface area (TPSA) is 70.9 Å². The zero-order valence-corrected chi connectivity index (χ0v) is 14.8. The van der Waals surface area contributed by atoms with E-state index in [0.29, 0.717) is 10.8 Å². The fraction of sp³-hybridized carbons (Fsp3) is 0.235. The van der Waals surface area contributed by atoms with Crippen molar-refractivity contribution >= 4 is 28.6 Å². The smallest absolute Gasteiger partial charge is 0.232 e. The summed E-state index contributed by atoms with van der Waals surface area (Å²) < 4.78 is 28.0. The van der Waals surface area contributed by atoms with Crippen molar-refractivity contribution in [3.05, 3.63) is 64.2 Å². The predicted molar refractivity (Wildman–Crippen MR) is 95.9 cm³/mol. The van der Waals surface area contributed by atoms with Crippen LogP contribution < -0.4 is 9.46 Å². The van der Waals surface area contributed by atoms with E-state index >= 15 is 0 Å². The Balaban J connectivity index is 2.01. The maximum absolute atomic E-state index is 10.8. The van der Waals surface area contributed by atoms with Gasteiger partial charge >= 0.3 is 0 Å². The average molecular weight is 365 g/mol. The van der Waals surface area contributed by atoms with Crippen molar-refractivity contribution in [1.29, 1.82) is 0 Å². The van der Waals surface area contributed by atoms with Gasteiger partial charge in [0, 0.05) is 22.7 Å². The molecule has 7 heteroatoms. The Morgan fingerprint density at radius 2 is 1.96 bits per heavy atom. The second-order valence-electron chi connectivity index (χ2n) is 5.92. The highest BCUT2D eigenvalue weighted by Gasteiger charge is 2.28. The molecule has 0 amide bonds. The quantitative estimate of drug-likeness (QED) is 0.815. The number of fused-ring (bicyclic) bond motifs is 1. The van der Waals surface area contributed by atoms with E-state index in [4.69, 9.17) is 25.9 Å². The minimum atomic E-state index is -2.05. The molecule has 2 aromatic rings. The highest BCUT2D eigenvalue weighted by Crippen LogP contribution is 2.33. The highest BCUT2D eigenvalue weighted by molar-refractivity contribution is 7.77. The first kappa shape index (κ1) is 17.1. The molecule has 126 valence electrons. The molecule has 0 aliphatic carbocycles. The molecule has 1 aliphatic rings. The first-order chi connectivity index (χ1) is 11.3. The van der Waals surface area contributed by atoms with Gasteiger partial charge in [-0.25, -0.2) is 13.9 Å². The maximum atomic E-state index is 10.8. The Morgan fingerprint density at radius 1 is 1.25 bits per heavy atom. The van der Waals surface area contributed by atoms with Crippen molar-refractivity contribution in [1.82, 2.24) is 4.72 Å². The van der Waals surface area contributed by atoms with Crippen LogP contribution in [0.5, 0.6) is 5.75 Å². The molecule has 1 unspecified atom stereocenters. The van der Waals surface area contributed by atoms with Crippen LogP contribution in [-0.2, 0) is 17.8 Å². The summed E-state index contributed by atoms with van der Waals surface area (Å²) in [6.45, 7) is 4.05. The van der Waals surface area contributed by atoms with E-state index in [1.807, 2.05) is 56.3 Å². The maximum Gasteiger partial charge on any atom is 0.232 e. The summed E-state index contributed by atoms with van der Waals surface area (Å²) in [5.41, 5.74) is 2.82. The Morgan fingerprint density at radius 3 is 2.62 bits per heavy atom. The third kappa shape index (κ3) is 3.84. The van der Waals surface area contributed by atoms with E-state index in [0.717, 1.165) is 22.4 Å². The third-order valence-corrected chi connectivity index (χ3v) is 4.20. The Kier molecular flexibility index (Phi) is 4.73. The SMILES string of the molecule is CC1(C)N=C(c2ccc(Cl)cc2)c2ccc(CNS(=O)O)cc2O1. The number of nitrogens with zero attached hydrogens (tertiary/aromatic N) is 1. The number of aliphatic imine (C=N–C) groups is 1. The molecule has 2 N–H and O–H groups in total. The molecule has 3 rings (SSSR count). The monoisotopic (exact) mass is 364 g/mol.